The molecule has 0 bridgehead atoms. The Balaban J connectivity index is 2.01. The van der Waals surface area contributed by atoms with Gasteiger partial charge in [-0.3, -0.25) is 4.79 Å². The third-order valence-corrected chi connectivity index (χ3v) is 3.14. The molecule has 0 heterocycles. The lowest BCUT2D eigenvalue weighted by Gasteiger charge is -2.10. The third kappa shape index (κ3) is 4.64. The van der Waals surface area contributed by atoms with Gasteiger partial charge in [0.25, 0.3) is 5.91 Å². The van der Waals surface area contributed by atoms with Crippen LogP contribution in [-0.2, 0) is 0 Å². The van der Waals surface area contributed by atoms with E-state index in [1.807, 2.05) is 0 Å². The molecule has 0 aliphatic rings. The van der Waals surface area contributed by atoms with Crippen LogP contribution in [0.1, 0.15) is 24.2 Å². The number of nitrogens with one attached hydrogen (secondary N) is 1. The van der Waals surface area contributed by atoms with Crippen molar-refractivity contribution in [1.82, 2.24) is 0 Å². The number of amides is 1. The summed E-state index contributed by atoms with van der Waals surface area (Å²) in [6.45, 7) is 4.79. The molecule has 0 fully saturated rings. The molecule has 1 amide bonds. The first-order valence-electron chi connectivity index (χ1n) is 7.41. The van der Waals surface area contributed by atoms with Gasteiger partial charge in [0, 0.05) is 17.3 Å². The van der Waals surface area contributed by atoms with Crippen LogP contribution in [0.15, 0.2) is 42.5 Å². The maximum absolute atomic E-state index is 12.2. The van der Waals surface area contributed by atoms with Gasteiger partial charge in [0.1, 0.15) is 5.75 Å². The highest BCUT2D eigenvalue weighted by atomic mass is 16.5. The second kappa shape index (κ2) is 7.54. The van der Waals surface area contributed by atoms with Gasteiger partial charge in [-0.2, -0.15) is 0 Å². The standard InChI is InChI=1S/C18H21NO4/c1-12(2)11-23-15-7-4-13(5-8-15)18(21)19-14-6-9-17(22-3)16(20)10-14/h4-10,12,20H,11H2,1-3H3,(H,19,21). The van der Waals surface area contributed by atoms with E-state index in [4.69, 9.17) is 9.47 Å². The Hall–Kier alpha value is -2.69. The largest absolute Gasteiger partial charge is 0.504 e. The molecule has 2 rings (SSSR count). The summed E-state index contributed by atoms with van der Waals surface area (Å²) in [5, 5.41) is 12.4. The minimum atomic E-state index is -0.259. The van der Waals surface area contributed by atoms with Gasteiger partial charge in [0.05, 0.1) is 13.7 Å². The fraction of sp³-hybridized carbons (Fsp3) is 0.278. The van der Waals surface area contributed by atoms with Crippen molar-refractivity contribution >= 4 is 11.6 Å². The molecule has 2 aromatic rings. The maximum atomic E-state index is 12.2. The van der Waals surface area contributed by atoms with E-state index in [0.29, 0.717) is 29.5 Å². The van der Waals surface area contributed by atoms with Gasteiger partial charge in [-0.15, -0.1) is 0 Å². The molecule has 5 nitrogen and oxygen atoms in total. The molecule has 0 saturated heterocycles. The predicted octanol–water partition coefficient (Wildman–Crippen LogP) is 3.69. The van der Waals surface area contributed by atoms with E-state index in [2.05, 4.69) is 19.2 Å². The zero-order valence-electron chi connectivity index (χ0n) is 13.5. The van der Waals surface area contributed by atoms with Crippen LogP contribution in [0.4, 0.5) is 5.69 Å². The molecule has 0 saturated carbocycles. The number of ether oxygens (including phenoxy) is 2. The number of phenols is 1. The summed E-state index contributed by atoms with van der Waals surface area (Å²) in [7, 11) is 1.47. The summed E-state index contributed by atoms with van der Waals surface area (Å²) in [6.07, 6.45) is 0. The number of benzene rings is 2. The van der Waals surface area contributed by atoms with E-state index < -0.39 is 0 Å². The van der Waals surface area contributed by atoms with E-state index in [9.17, 15) is 9.90 Å². The van der Waals surface area contributed by atoms with Gasteiger partial charge >= 0.3 is 0 Å². The van der Waals surface area contributed by atoms with E-state index in [0.717, 1.165) is 5.75 Å². The van der Waals surface area contributed by atoms with E-state index in [1.165, 1.54) is 13.2 Å². The number of aromatic hydroxyl groups is 1. The first kappa shape index (κ1) is 16.7. The SMILES string of the molecule is COc1ccc(NC(=O)c2ccc(OCC(C)C)cc2)cc1O. The Morgan fingerprint density at radius 2 is 1.87 bits per heavy atom. The first-order valence-corrected chi connectivity index (χ1v) is 7.41. The van der Waals surface area contributed by atoms with Gasteiger partial charge in [0.2, 0.25) is 0 Å². The van der Waals surface area contributed by atoms with E-state index in [1.54, 1.807) is 36.4 Å². The summed E-state index contributed by atoms with van der Waals surface area (Å²) >= 11 is 0. The lowest BCUT2D eigenvalue weighted by atomic mass is 10.2. The minimum absolute atomic E-state index is 0.0252. The van der Waals surface area contributed by atoms with Crippen molar-refractivity contribution in [2.24, 2.45) is 5.92 Å². The monoisotopic (exact) mass is 315 g/mol. The van der Waals surface area contributed by atoms with E-state index in [-0.39, 0.29) is 11.7 Å². The molecule has 0 aliphatic heterocycles. The number of methoxy groups -OCH3 is 1. The number of hydrogen-bond acceptors (Lipinski definition) is 4. The topological polar surface area (TPSA) is 67.8 Å². The highest BCUT2D eigenvalue weighted by Gasteiger charge is 2.09. The van der Waals surface area contributed by atoms with Crippen molar-refractivity contribution in [3.8, 4) is 17.2 Å². The molecule has 5 heteroatoms. The minimum Gasteiger partial charge on any atom is -0.504 e. The van der Waals surface area contributed by atoms with Crippen molar-refractivity contribution in [2.45, 2.75) is 13.8 Å². The molecule has 0 aromatic heterocycles. The van der Waals surface area contributed by atoms with Crippen LogP contribution in [0.5, 0.6) is 17.2 Å². The number of hydrogen-bond donors (Lipinski definition) is 2. The van der Waals surface area contributed by atoms with E-state index >= 15 is 0 Å². The quantitative estimate of drug-likeness (QED) is 0.853. The zero-order chi connectivity index (χ0) is 16.8. The van der Waals surface area contributed by atoms with Gasteiger partial charge < -0.3 is 19.9 Å². The smallest absolute Gasteiger partial charge is 0.255 e. The van der Waals surface area contributed by atoms with Gasteiger partial charge in [-0.1, -0.05) is 13.8 Å². The molecular formula is C18H21NO4. The molecule has 2 N–H and O–H groups in total. The van der Waals surface area contributed by atoms with Crippen LogP contribution in [-0.4, -0.2) is 24.7 Å². The van der Waals surface area contributed by atoms with Crippen molar-refractivity contribution in [2.75, 3.05) is 19.0 Å². The number of phenolic OH excluding ortho intramolecular Hbond substituents is 1. The van der Waals surface area contributed by atoms with Crippen LogP contribution in [0.3, 0.4) is 0 Å². The van der Waals surface area contributed by atoms with Crippen molar-refractivity contribution < 1.29 is 19.4 Å². The summed E-state index contributed by atoms with van der Waals surface area (Å²) in [4.78, 5) is 12.2. The Kier molecular flexibility index (Phi) is 5.46. The summed E-state index contributed by atoms with van der Waals surface area (Å²) in [5.74, 6) is 1.25. The Labute approximate surface area is 135 Å². The van der Waals surface area contributed by atoms with Crippen LogP contribution in [0.2, 0.25) is 0 Å². The van der Waals surface area contributed by atoms with Crippen molar-refractivity contribution in [3.05, 3.63) is 48.0 Å². The van der Waals surface area contributed by atoms with Crippen LogP contribution in [0.25, 0.3) is 0 Å². The number of anilines is 1. The molecule has 122 valence electrons. The second-order valence-electron chi connectivity index (χ2n) is 5.57. The highest BCUT2D eigenvalue weighted by Crippen LogP contribution is 2.28. The number of rotatable bonds is 6. The molecule has 0 aliphatic carbocycles. The highest BCUT2D eigenvalue weighted by molar-refractivity contribution is 6.04. The molecule has 0 radical (unpaired) electrons. The maximum Gasteiger partial charge on any atom is 0.255 e. The number of carbonyl (C=O) groups excluding carboxylic acids is 1. The van der Waals surface area contributed by atoms with Gasteiger partial charge in [0.15, 0.2) is 11.5 Å². The fourth-order valence-electron chi connectivity index (χ4n) is 1.94. The zero-order valence-corrected chi connectivity index (χ0v) is 13.5. The van der Waals surface area contributed by atoms with Gasteiger partial charge in [-0.05, 0) is 42.3 Å². The molecule has 0 unspecified atom stereocenters. The summed E-state index contributed by atoms with van der Waals surface area (Å²) in [6, 6.07) is 11.6. The van der Waals surface area contributed by atoms with Gasteiger partial charge in [-0.25, -0.2) is 0 Å². The first-order chi connectivity index (χ1) is 11.0. The van der Waals surface area contributed by atoms with Crippen molar-refractivity contribution in [1.29, 1.82) is 0 Å². The van der Waals surface area contributed by atoms with Crippen LogP contribution < -0.4 is 14.8 Å². The Bertz CT molecular complexity index is 665. The van der Waals surface area contributed by atoms with Crippen LogP contribution >= 0.6 is 0 Å². The fourth-order valence-corrected chi connectivity index (χ4v) is 1.94. The lowest BCUT2D eigenvalue weighted by molar-refractivity contribution is 0.102. The molecule has 0 spiro atoms. The normalized spacial score (nSPS) is 10.4. The van der Waals surface area contributed by atoms with Crippen LogP contribution in [0, 0.1) is 5.92 Å². The molecule has 2 aromatic carbocycles. The van der Waals surface area contributed by atoms with Crippen molar-refractivity contribution in [3.63, 3.8) is 0 Å². The molecular weight excluding hydrogens is 294 g/mol. The Morgan fingerprint density at radius 1 is 1.17 bits per heavy atom. The molecule has 0 atom stereocenters. The average Bonchev–Trinajstić information content (AvgIpc) is 2.53. The predicted molar refractivity (Wildman–Crippen MR) is 89.4 cm³/mol. The summed E-state index contributed by atoms with van der Waals surface area (Å²) in [5.41, 5.74) is 1.01. The lowest BCUT2D eigenvalue weighted by Crippen LogP contribution is -2.12. The second-order valence-corrected chi connectivity index (χ2v) is 5.57. The summed E-state index contributed by atoms with van der Waals surface area (Å²) < 4.78 is 10.5. The number of carbonyl (C=O) groups is 1. The average molecular weight is 315 g/mol. The third-order valence-electron chi connectivity index (χ3n) is 3.14. The molecule has 23 heavy (non-hydrogen) atoms. The Morgan fingerprint density at radius 3 is 2.43 bits per heavy atom.